The molecule has 0 radical (unpaired) electrons. The van der Waals surface area contributed by atoms with E-state index >= 15 is 0 Å². The maximum Gasteiger partial charge on any atom is 0.318 e. The number of rotatable bonds is 7. The molecule has 0 spiro atoms. The van der Waals surface area contributed by atoms with Crippen LogP contribution >= 0.6 is 11.3 Å². The highest BCUT2D eigenvalue weighted by molar-refractivity contribution is 7.15. The van der Waals surface area contributed by atoms with Crippen LogP contribution in [-0.2, 0) is 11.3 Å². The number of carbonyl (C=O) groups excluding carboxylic acids is 1. The zero-order chi connectivity index (χ0) is 16.7. The summed E-state index contributed by atoms with van der Waals surface area (Å²) in [6, 6.07) is 3.30. The topological polar surface area (TPSA) is 106 Å². The van der Waals surface area contributed by atoms with Crippen molar-refractivity contribution in [2.75, 3.05) is 26.0 Å². The summed E-state index contributed by atoms with van der Waals surface area (Å²) in [7, 11) is 1.61. The van der Waals surface area contributed by atoms with Crippen molar-refractivity contribution >= 4 is 22.5 Å². The summed E-state index contributed by atoms with van der Waals surface area (Å²) in [6.07, 6.45) is 3.41. The van der Waals surface area contributed by atoms with Crippen molar-refractivity contribution in [3.63, 3.8) is 0 Å². The third-order valence-corrected chi connectivity index (χ3v) is 4.08. The van der Waals surface area contributed by atoms with E-state index in [-0.39, 0.29) is 12.1 Å². The number of nitrogen functional groups attached to an aromatic ring is 1. The summed E-state index contributed by atoms with van der Waals surface area (Å²) < 4.78 is 5.08. The molecule has 0 bridgehead atoms. The second kappa shape index (κ2) is 8.39. The first-order valence-corrected chi connectivity index (χ1v) is 7.94. The summed E-state index contributed by atoms with van der Waals surface area (Å²) >= 11 is 1.26. The zero-order valence-electron chi connectivity index (χ0n) is 13.1. The molecule has 2 aromatic rings. The van der Waals surface area contributed by atoms with Gasteiger partial charge in [-0.2, -0.15) is 0 Å². The van der Waals surface area contributed by atoms with Gasteiger partial charge < -0.3 is 20.7 Å². The van der Waals surface area contributed by atoms with E-state index in [0.29, 0.717) is 29.8 Å². The Hall–Kier alpha value is -2.26. The van der Waals surface area contributed by atoms with Crippen LogP contribution in [0.3, 0.4) is 0 Å². The molecule has 2 aromatic heterocycles. The Balaban J connectivity index is 2.00. The predicted octanol–water partition coefficient (Wildman–Crippen LogP) is 1.43. The number of amides is 2. The van der Waals surface area contributed by atoms with Gasteiger partial charge >= 0.3 is 6.03 Å². The monoisotopic (exact) mass is 336 g/mol. The van der Waals surface area contributed by atoms with Gasteiger partial charge in [0, 0.05) is 32.6 Å². The van der Waals surface area contributed by atoms with Crippen LogP contribution in [0.2, 0.25) is 0 Å². The van der Waals surface area contributed by atoms with Gasteiger partial charge in [-0.05, 0) is 24.6 Å². The molecule has 1 atom stereocenters. The Morgan fingerprint density at radius 2 is 2.17 bits per heavy atom. The van der Waals surface area contributed by atoms with Crippen LogP contribution in [0, 0.1) is 0 Å². The Kier molecular flexibility index (Phi) is 6.24. The van der Waals surface area contributed by atoms with Crippen LogP contribution in [0.4, 0.5) is 9.93 Å². The Morgan fingerprint density at radius 3 is 2.78 bits per heavy atom. The number of anilines is 1. The van der Waals surface area contributed by atoms with E-state index in [4.69, 9.17) is 10.5 Å². The normalized spacial score (nSPS) is 11.9. The zero-order valence-corrected chi connectivity index (χ0v) is 13.9. The van der Waals surface area contributed by atoms with Crippen LogP contribution in [0.25, 0.3) is 0 Å². The van der Waals surface area contributed by atoms with Crippen LogP contribution in [0.1, 0.15) is 23.5 Å². The molecular weight excluding hydrogens is 316 g/mol. The predicted molar refractivity (Wildman–Crippen MR) is 87.8 cm³/mol. The van der Waals surface area contributed by atoms with Crippen molar-refractivity contribution in [3.8, 4) is 0 Å². The first-order valence-electron chi connectivity index (χ1n) is 7.12. The molecule has 124 valence electrons. The minimum absolute atomic E-state index is 0.194. The lowest BCUT2D eigenvalue weighted by Gasteiger charge is -2.24. The van der Waals surface area contributed by atoms with E-state index in [0.717, 1.165) is 5.56 Å². The number of carbonyl (C=O) groups is 1. The van der Waals surface area contributed by atoms with E-state index in [1.807, 2.05) is 19.1 Å². The van der Waals surface area contributed by atoms with Gasteiger partial charge in [0.15, 0.2) is 0 Å². The molecule has 0 unspecified atom stereocenters. The Morgan fingerprint density at radius 1 is 1.43 bits per heavy atom. The van der Waals surface area contributed by atoms with E-state index in [9.17, 15) is 4.79 Å². The molecule has 0 fully saturated rings. The molecule has 2 heterocycles. The molecule has 0 saturated carbocycles. The summed E-state index contributed by atoms with van der Waals surface area (Å²) in [6.45, 7) is 3.26. The first kappa shape index (κ1) is 17.1. The molecule has 9 heteroatoms. The molecule has 23 heavy (non-hydrogen) atoms. The van der Waals surface area contributed by atoms with Crippen LogP contribution < -0.4 is 11.1 Å². The van der Waals surface area contributed by atoms with E-state index < -0.39 is 0 Å². The van der Waals surface area contributed by atoms with Crippen molar-refractivity contribution in [1.29, 1.82) is 0 Å². The number of urea groups is 1. The molecule has 8 nitrogen and oxygen atoms in total. The van der Waals surface area contributed by atoms with Crippen molar-refractivity contribution in [1.82, 2.24) is 25.4 Å². The van der Waals surface area contributed by atoms with Gasteiger partial charge in [0.25, 0.3) is 0 Å². The van der Waals surface area contributed by atoms with Crippen molar-refractivity contribution in [2.45, 2.75) is 19.5 Å². The average molecular weight is 336 g/mol. The second-order valence-electron chi connectivity index (χ2n) is 4.92. The van der Waals surface area contributed by atoms with Gasteiger partial charge in [0.05, 0.1) is 12.6 Å². The number of ether oxygens (including phenoxy) is 1. The van der Waals surface area contributed by atoms with Crippen molar-refractivity contribution in [2.24, 2.45) is 0 Å². The smallest absolute Gasteiger partial charge is 0.318 e. The molecule has 0 aliphatic carbocycles. The third kappa shape index (κ3) is 5.15. The first-order chi connectivity index (χ1) is 11.1. The number of methoxy groups -OCH3 is 1. The molecule has 0 aliphatic heterocycles. The Labute approximate surface area is 138 Å². The molecule has 2 rings (SSSR count). The van der Waals surface area contributed by atoms with Crippen LogP contribution in [-0.4, -0.2) is 46.4 Å². The van der Waals surface area contributed by atoms with Crippen molar-refractivity contribution < 1.29 is 9.53 Å². The molecular formula is C14H20N6O2S. The van der Waals surface area contributed by atoms with Gasteiger partial charge in [-0.25, -0.2) is 4.79 Å². The SMILES string of the molecule is COCCN(Cc1ccncc1)C(=O)N[C@H](C)c1nnc(N)s1. The summed E-state index contributed by atoms with van der Waals surface area (Å²) in [5, 5.41) is 11.7. The number of hydrogen-bond acceptors (Lipinski definition) is 7. The second-order valence-corrected chi connectivity index (χ2v) is 5.96. The van der Waals surface area contributed by atoms with Gasteiger partial charge in [0.2, 0.25) is 5.13 Å². The van der Waals surface area contributed by atoms with Gasteiger partial charge in [-0.3, -0.25) is 4.98 Å². The van der Waals surface area contributed by atoms with Crippen LogP contribution in [0.5, 0.6) is 0 Å². The summed E-state index contributed by atoms with van der Waals surface area (Å²) in [5.41, 5.74) is 6.57. The number of pyridine rings is 1. The molecule has 0 aromatic carbocycles. The van der Waals surface area contributed by atoms with Crippen molar-refractivity contribution in [3.05, 3.63) is 35.1 Å². The number of nitrogens with one attached hydrogen (secondary N) is 1. The summed E-state index contributed by atoms with van der Waals surface area (Å²) in [4.78, 5) is 18.2. The average Bonchev–Trinajstić information content (AvgIpc) is 2.99. The maximum absolute atomic E-state index is 12.5. The fraction of sp³-hybridized carbons (Fsp3) is 0.429. The number of nitrogens with two attached hydrogens (primary N) is 1. The Bertz CT molecular complexity index is 621. The minimum atomic E-state index is -0.264. The number of hydrogen-bond donors (Lipinski definition) is 2. The lowest BCUT2D eigenvalue weighted by molar-refractivity contribution is 0.145. The number of aromatic nitrogens is 3. The minimum Gasteiger partial charge on any atom is -0.383 e. The molecule has 2 amide bonds. The van der Waals surface area contributed by atoms with E-state index in [1.165, 1.54) is 11.3 Å². The van der Waals surface area contributed by atoms with E-state index in [2.05, 4.69) is 20.5 Å². The van der Waals surface area contributed by atoms with E-state index in [1.54, 1.807) is 24.4 Å². The maximum atomic E-state index is 12.5. The lowest BCUT2D eigenvalue weighted by atomic mass is 10.2. The van der Waals surface area contributed by atoms with Gasteiger partial charge in [0.1, 0.15) is 5.01 Å². The third-order valence-electron chi connectivity index (χ3n) is 3.14. The summed E-state index contributed by atoms with van der Waals surface area (Å²) in [5.74, 6) is 0. The van der Waals surface area contributed by atoms with Gasteiger partial charge in [-0.15, -0.1) is 10.2 Å². The standard InChI is InChI=1S/C14H20N6O2S/c1-10(12-18-19-13(15)23-12)17-14(21)20(7-8-22-2)9-11-3-5-16-6-4-11/h3-6,10H,7-9H2,1-2H3,(H2,15,19)(H,17,21)/t10-/m1/s1. The number of nitrogens with zero attached hydrogens (tertiary/aromatic N) is 4. The lowest BCUT2D eigenvalue weighted by Crippen LogP contribution is -2.42. The van der Waals surface area contributed by atoms with Gasteiger partial charge in [-0.1, -0.05) is 11.3 Å². The highest BCUT2D eigenvalue weighted by Gasteiger charge is 2.19. The largest absolute Gasteiger partial charge is 0.383 e. The molecule has 0 aliphatic rings. The fourth-order valence-electron chi connectivity index (χ4n) is 1.92. The van der Waals surface area contributed by atoms with Crippen LogP contribution in [0.15, 0.2) is 24.5 Å². The molecule has 3 N–H and O–H groups in total. The molecule has 0 saturated heterocycles. The quantitative estimate of drug-likeness (QED) is 0.792. The highest BCUT2D eigenvalue weighted by Crippen LogP contribution is 2.19. The fourth-order valence-corrected chi connectivity index (χ4v) is 2.54. The highest BCUT2D eigenvalue weighted by atomic mass is 32.1.